The summed E-state index contributed by atoms with van der Waals surface area (Å²) in [5, 5.41) is 2.58. The second kappa shape index (κ2) is 3.32. The lowest BCUT2D eigenvalue weighted by Crippen LogP contribution is -2.22. The van der Waals surface area contributed by atoms with E-state index in [4.69, 9.17) is 0 Å². The number of benzene rings is 2. The predicted octanol–water partition coefficient (Wildman–Crippen LogP) is 1.86. The van der Waals surface area contributed by atoms with Gasteiger partial charge < -0.3 is 0 Å². The minimum Gasteiger partial charge on any atom is -0.143 e. The van der Waals surface area contributed by atoms with Crippen LogP contribution in [0.15, 0.2) is 48.5 Å². The van der Waals surface area contributed by atoms with Gasteiger partial charge in [0.2, 0.25) is 0 Å². The Morgan fingerprint density at radius 3 is 2.40 bits per heavy atom. The standard InChI is InChI=1S/C15H11/c1-3-7-14-11-15-8-4-2-6-13(15)10-9-12(14)5-1/h1-11H/q-1. The predicted molar refractivity (Wildman–Crippen MR) is 63.6 cm³/mol. The van der Waals surface area contributed by atoms with Gasteiger partial charge in [0.15, 0.2) is 0 Å². The highest BCUT2D eigenvalue weighted by Gasteiger charge is 1.92. The van der Waals surface area contributed by atoms with Crippen molar-refractivity contribution in [3.05, 3.63) is 76.5 Å². The number of fused-ring (bicyclic) bond motifs is 2. The zero-order valence-corrected chi connectivity index (χ0v) is 8.35. The van der Waals surface area contributed by atoms with Crippen LogP contribution in [0, 0.1) is 6.42 Å². The molecule has 0 atom stereocenters. The molecule has 1 aliphatic carbocycles. The van der Waals surface area contributed by atoms with Gasteiger partial charge >= 0.3 is 0 Å². The van der Waals surface area contributed by atoms with Crippen LogP contribution in [0.5, 0.6) is 0 Å². The largest absolute Gasteiger partial charge is 0.143 e. The van der Waals surface area contributed by atoms with Crippen LogP contribution in [0.25, 0.3) is 12.2 Å². The molecule has 0 heteroatoms. The average molecular weight is 191 g/mol. The fourth-order valence-electron chi connectivity index (χ4n) is 1.94. The van der Waals surface area contributed by atoms with Crippen molar-refractivity contribution in [2.24, 2.45) is 0 Å². The Hall–Kier alpha value is -1.95. The van der Waals surface area contributed by atoms with Crippen molar-refractivity contribution < 1.29 is 0 Å². The third-order valence-electron chi connectivity index (χ3n) is 2.75. The molecule has 1 aliphatic rings. The molecule has 0 fully saturated rings. The summed E-state index contributed by atoms with van der Waals surface area (Å²) < 4.78 is 0. The normalized spacial score (nSPS) is 12.3. The topological polar surface area (TPSA) is 0 Å². The summed E-state index contributed by atoms with van der Waals surface area (Å²) in [5.74, 6) is 0. The molecule has 0 unspecified atom stereocenters. The molecule has 0 N–H and O–H groups in total. The van der Waals surface area contributed by atoms with Gasteiger partial charge in [-0.3, -0.25) is 0 Å². The van der Waals surface area contributed by atoms with Crippen LogP contribution in [0.2, 0.25) is 0 Å². The Morgan fingerprint density at radius 1 is 0.733 bits per heavy atom. The first-order valence-electron chi connectivity index (χ1n) is 5.14. The fraction of sp³-hybridized carbons (Fsp3) is 0. The first-order chi connectivity index (χ1) is 7.43. The number of hydrogen-bond donors (Lipinski definition) is 0. The second-order valence-electron chi connectivity index (χ2n) is 3.74. The van der Waals surface area contributed by atoms with E-state index in [1.54, 1.807) is 0 Å². The molecular formula is C15H11-. The highest BCUT2D eigenvalue weighted by molar-refractivity contribution is 5.63. The van der Waals surface area contributed by atoms with Crippen molar-refractivity contribution in [1.82, 2.24) is 0 Å². The molecule has 0 saturated heterocycles. The van der Waals surface area contributed by atoms with Gasteiger partial charge in [0.25, 0.3) is 0 Å². The second-order valence-corrected chi connectivity index (χ2v) is 3.74. The van der Waals surface area contributed by atoms with Crippen LogP contribution >= 0.6 is 0 Å². The molecule has 72 valence electrons. The summed E-state index contributed by atoms with van der Waals surface area (Å²) in [5.41, 5.74) is 2.58. The van der Waals surface area contributed by atoms with Crippen molar-refractivity contribution in [3.8, 4) is 0 Å². The van der Waals surface area contributed by atoms with E-state index in [2.05, 4.69) is 67.1 Å². The first-order valence-corrected chi connectivity index (χ1v) is 5.14. The Morgan fingerprint density at radius 2 is 1.47 bits per heavy atom. The fourth-order valence-corrected chi connectivity index (χ4v) is 1.94. The van der Waals surface area contributed by atoms with E-state index < -0.39 is 0 Å². The third-order valence-corrected chi connectivity index (χ3v) is 2.75. The number of rotatable bonds is 0. The van der Waals surface area contributed by atoms with E-state index in [1.165, 1.54) is 21.6 Å². The van der Waals surface area contributed by atoms with Gasteiger partial charge in [0.1, 0.15) is 0 Å². The molecular weight excluding hydrogens is 180 g/mol. The lowest BCUT2D eigenvalue weighted by Gasteiger charge is -2.07. The van der Waals surface area contributed by atoms with Crippen LogP contribution < -0.4 is 10.4 Å². The van der Waals surface area contributed by atoms with Gasteiger partial charge in [-0.2, -0.15) is 0 Å². The smallest absolute Gasteiger partial charge is 0.0633 e. The van der Waals surface area contributed by atoms with Gasteiger partial charge in [-0.05, 0) is 0 Å². The Bertz CT molecular complexity index is 606. The maximum Gasteiger partial charge on any atom is -0.0633 e. The van der Waals surface area contributed by atoms with Crippen LogP contribution in [0.3, 0.4) is 0 Å². The van der Waals surface area contributed by atoms with Crippen molar-refractivity contribution in [2.45, 2.75) is 0 Å². The highest BCUT2D eigenvalue weighted by atomic mass is 14.0. The Balaban J connectivity index is 2.36. The van der Waals surface area contributed by atoms with E-state index >= 15 is 0 Å². The molecule has 2 aromatic carbocycles. The molecule has 0 amide bonds. The number of hydrogen-bond acceptors (Lipinski definition) is 0. The van der Waals surface area contributed by atoms with Gasteiger partial charge in [0, 0.05) is 0 Å². The molecule has 0 saturated carbocycles. The SMILES string of the molecule is C1=c2ccccc2=Cc2ccccc2[CH-]1. The molecule has 0 heterocycles. The molecule has 0 spiro atoms. The Labute approximate surface area is 89.2 Å². The lowest BCUT2D eigenvalue weighted by atomic mass is 10.1. The third kappa shape index (κ3) is 1.44. The van der Waals surface area contributed by atoms with Crippen LogP contribution in [-0.2, 0) is 0 Å². The van der Waals surface area contributed by atoms with E-state index in [-0.39, 0.29) is 0 Å². The lowest BCUT2D eigenvalue weighted by molar-refractivity contribution is 1.52. The van der Waals surface area contributed by atoms with Crippen LogP contribution in [0.4, 0.5) is 0 Å². The average Bonchev–Trinajstić information content (AvgIpc) is 2.48. The molecule has 0 bridgehead atoms. The zero-order valence-electron chi connectivity index (χ0n) is 8.35. The summed E-state index contributed by atoms with van der Waals surface area (Å²) >= 11 is 0. The molecule has 0 radical (unpaired) electrons. The van der Waals surface area contributed by atoms with Crippen molar-refractivity contribution in [3.63, 3.8) is 0 Å². The van der Waals surface area contributed by atoms with Gasteiger partial charge in [-0.25, -0.2) is 0 Å². The molecule has 0 nitrogen and oxygen atoms in total. The van der Waals surface area contributed by atoms with Crippen LogP contribution in [-0.4, -0.2) is 0 Å². The van der Waals surface area contributed by atoms with E-state index in [0.29, 0.717) is 0 Å². The van der Waals surface area contributed by atoms with Gasteiger partial charge in [0.05, 0.1) is 0 Å². The Kier molecular flexibility index (Phi) is 1.85. The van der Waals surface area contributed by atoms with Crippen molar-refractivity contribution in [2.75, 3.05) is 0 Å². The van der Waals surface area contributed by atoms with Crippen molar-refractivity contribution >= 4 is 12.2 Å². The maximum atomic E-state index is 2.24. The zero-order chi connectivity index (χ0) is 10.1. The van der Waals surface area contributed by atoms with E-state index in [1.807, 2.05) is 0 Å². The van der Waals surface area contributed by atoms with Gasteiger partial charge in [-0.15, -0.1) is 30.2 Å². The summed E-state index contributed by atoms with van der Waals surface area (Å²) in [7, 11) is 0. The summed E-state index contributed by atoms with van der Waals surface area (Å²) in [4.78, 5) is 0. The molecule has 15 heavy (non-hydrogen) atoms. The van der Waals surface area contributed by atoms with Crippen molar-refractivity contribution in [1.29, 1.82) is 0 Å². The molecule has 0 aromatic heterocycles. The summed E-state index contributed by atoms with van der Waals surface area (Å²) in [6.45, 7) is 0. The monoisotopic (exact) mass is 191 g/mol. The first kappa shape index (κ1) is 8.37. The molecule has 3 rings (SSSR count). The minimum absolute atomic E-state index is 1.29. The van der Waals surface area contributed by atoms with Crippen LogP contribution in [0.1, 0.15) is 11.1 Å². The molecule has 2 aromatic rings. The molecule has 0 aliphatic heterocycles. The van der Waals surface area contributed by atoms with E-state index in [9.17, 15) is 0 Å². The van der Waals surface area contributed by atoms with Gasteiger partial charge in [-0.1, -0.05) is 58.5 Å². The summed E-state index contributed by atoms with van der Waals surface area (Å²) in [6, 6.07) is 16.9. The summed E-state index contributed by atoms with van der Waals surface area (Å²) in [6.07, 6.45) is 6.60. The quantitative estimate of drug-likeness (QED) is 0.558. The highest BCUT2D eigenvalue weighted by Crippen LogP contribution is 2.13. The minimum atomic E-state index is 1.29. The maximum absolute atomic E-state index is 2.24. The van der Waals surface area contributed by atoms with E-state index in [0.717, 1.165) is 0 Å².